The lowest BCUT2D eigenvalue weighted by atomic mass is 9.49. The second-order valence-electron chi connectivity index (χ2n) is 5.57. The van der Waals surface area contributed by atoms with E-state index in [0.29, 0.717) is 5.41 Å². The van der Waals surface area contributed by atoms with E-state index in [9.17, 15) is 0 Å². The Bertz CT molecular complexity index is 207. The molecular formula is C14H27N. The standard InChI is InChI=1S/C14H27N/c1-4-10-15-13-11-8-7-9-12(11)14(13,5-2)6-3/h11-13,15H,4-10H2,1-3H3. The van der Waals surface area contributed by atoms with Crippen molar-refractivity contribution >= 4 is 0 Å². The summed E-state index contributed by atoms with van der Waals surface area (Å²) in [7, 11) is 0. The van der Waals surface area contributed by atoms with Crippen molar-refractivity contribution in [2.45, 2.75) is 65.3 Å². The first-order chi connectivity index (χ1) is 7.30. The molecule has 0 spiro atoms. The van der Waals surface area contributed by atoms with Gasteiger partial charge in [-0.3, -0.25) is 0 Å². The minimum Gasteiger partial charge on any atom is -0.313 e. The Kier molecular flexibility index (Phi) is 3.39. The molecule has 0 radical (unpaired) electrons. The Morgan fingerprint density at radius 1 is 1.13 bits per heavy atom. The average Bonchev–Trinajstić information content (AvgIpc) is 2.67. The predicted octanol–water partition coefficient (Wildman–Crippen LogP) is 3.59. The lowest BCUT2D eigenvalue weighted by Gasteiger charge is -2.60. The first-order valence-electron chi connectivity index (χ1n) is 7.03. The van der Waals surface area contributed by atoms with Crippen LogP contribution in [0.2, 0.25) is 0 Å². The van der Waals surface area contributed by atoms with E-state index in [4.69, 9.17) is 0 Å². The van der Waals surface area contributed by atoms with E-state index < -0.39 is 0 Å². The minimum atomic E-state index is 0.663. The molecular weight excluding hydrogens is 182 g/mol. The Labute approximate surface area is 95.0 Å². The van der Waals surface area contributed by atoms with Crippen LogP contribution in [-0.4, -0.2) is 12.6 Å². The largest absolute Gasteiger partial charge is 0.313 e. The first-order valence-corrected chi connectivity index (χ1v) is 7.03. The summed E-state index contributed by atoms with van der Waals surface area (Å²) in [5.41, 5.74) is 0.663. The van der Waals surface area contributed by atoms with Gasteiger partial charge in [-0.2, -0.15) is 0 Å². The molecule has 1 N–H and O–H groups in total. The van der Waals surface area contributed by atoms with Crippen LogP contribution >= 0.6 is 0 Å². The van der Waals surface area contributed by atoms with Gasteiger partial charge in [0.05, 0.1) is 0 Å². The van der Waals surface area contributed by atoms with Crippen molar-refractivity contribution in [3.63, 3.8) is 0 Å². The zero-order valence-corrected chi connectivity index (χ0v) is 10.7. The highest BCUT2D eigenvalue weighted by Gasteiger charge is 2.60. The van der Waals surface area contributed by atoms with Gasteiger partial charge in [0.25, 0.3) is 0 Å². The molecule has 0 saturated heterocycles. The predicted molar refractivity (Wildman–Crippen MR) is 65.9 cm³/mol. The SMILES string of the molecule is CCCNC1C2CCCC2C1(CC)CC. The fraction of sp³-hybridized carbons (Fsp3) is 1.00. The Morgan fingerprint density at radius 3 is 2.47 bits per heavy atom. The number of rotatable bonds is 5. The quantitative estimate of drug-likeness (QED) is 0.729. The van der Waals surface area contributed by atoms with Crippen molar-refractivity contribution < 1.29 is 0 Å². The third-order valence-corrected chi connectivity index (χ3v) is 5.29. The van der Waals surface area contributed by atoms with E-state index >= 15 is 0 Å². The van der Waals surface area contributed by atoms with Crippen molar-refractivity contribution in [1.82, 2.24) is 5.32 Å². The summed E-state index contributed by atoms with van der Waals surface area (Å²) < 4.78 is 0. The Hall–Kier alpha value is -0.0400. The topological polar surface area (TPSA) is 12.0 Å². The highest BCUT2D eigenvalue weighted by molar-refractivity contribution is 5.12. The van der Waals surface area contributed by atoms with Gasteiger partial charge in [0, 0.05) is 6.04 Å². The van der Waals surface area contributed by atoms with Crippen LogP contribution in [0.15, 0.2) is 0 Å². The molecule has 1 nitrogen and oxygen atoms in total. The molecule has 0 aromatic rings. The maximum atomic E-state index is 3.83. The molecule has 0 amide bonds. The second kappa shape index (κ2) is 4.45. The summed E-state index contributed by atoms with van der Waals surface area (Å²) >= 11 is 0. The molecule has 0 aromatic heterocycles. The highest BCUT2D eigenvalue weighted by Crippen LogP contribution is 2.62. The van der Waals surface area contributed by atoms with E-state index in [-0.39, 0.29) is 0 Å². The molecule has 15 heavy (non-hydrogen) atoms. The molecule has 88 valence electrons. The average molecular weight is 209 g/mol. The van der Waals surface area contributed by atoms with E-state index in [1.165, 1.54) is 45.1 Å². The van der Waals surface area contributed by atoms with Gasteiger partial charge in [-0.25, -0.2) is 0 Å². The lowest BCUT2D eigenvalue weighted by molar-refractivity contribution is -0.0771. The number of nitrogens with one attached hydrogen (secondary N) is 1. The van der Waals surface area contributed by atoms with Crippen molar-refractivity contribution in [3.05, 3.63) is 0 Å². The van der Waals surface area contributed by atoms with Gasteiger partial charge in [-0.05, 0) is 55.9 Å². The van der Waals surface area contributed by atoms with Crippen LogP contribution in [0.4, 0.5) is 0 Å². The molecule has 0 aromatic carbocycles. The smallest absolute Gasteiger partial charge is 0.0157 e. The molecule has 2 fully saturated rings. The van der Waals surface area contributed by atoms with Gasteiger partial charge >= 0.3 is 0 Å². The van der Waals surface area contributed by atoms with E-state index in [1.807, 2.05) is 0 Å². The summed E-state index contributed by atoms with van der Waals surface area (Å²) in [6, 6.07) is 0.847. The summed E-state index contributed by atoms with van der Waals surface area (Å²) in [5, 5.41) is 3.83. The summed E-state index contributed by atoms with van der Waals surface area (Å²) in [6.45, 7) is 8.30. The van der Waals surface area contributed by atoms with Gasteiger partial charge < -0.3 is 5.32 Å². The third kappa shape index (κ3) is 1.54. The van der Waals surface area contributed by atoms with Gasteiger partial charge in [0.1, 0.15) is 0 Å². The van der Waals surface area contributed by atoms with Gasteiger partial charge in [-0.15, -0.1) is 0 Å². The number of hydrogen-bond acceptors (Lipinski definition) is 1. The van der Waals surface area contributed by atoms with Crippen molar-refractivity contribution in [3.8, 4) is 0 Å². The van der Waals surface area contributed by atoms with Gasteiger partial charge in [0.15, 0.2) is 0 Å². The normalized spacial score (nSPS) is 37.4. The van der Waals surface area contributed by atoms with Crippen LogP contribution in [0, 0.1) is 17.3 Å². The first kappa shape index (κ1) is 11.4. The molecule has 0 aliphatic heterocycles. The summed E-state index contributed by atoms with van der Waals surface area (Å²) in [6.07, 6.45) is 8.53. The van der Waals surface area contributed by atoms with Crippen molar-refractivity contribution in [2.24, 2.45) is 17.3 Å². The van der Waals surface area contributed by atoms with E-state index in [2.05, 4.69) is 26.1 Å². The summed E-state index contributed by atoms with van der Waals surface area (Å²) in [5.74, 6) is 2.08. The molecule has 2 saturated carbocycles. The fourth-order valence-corrected chi connectivity index (χ4v) is 4.51. The maximum absolute atomic E-state index is 3.83. The zero-order chi connectivity index (χ0) is 10.9. The van der Waals surface area contributed by atoms with E-state index in [1.54, 1.807) is 0 Å². The van der Waals surface area contributed by atoms with Gasteiger partial charge in [-0.1, -0.05) is 27.2 Å². The molecule has 0 heterocycles. The van der Waals surface area contributed by atoms with Gasteiger partial charge in [0.2, 0.25) is 0 Å². The fourth-order valence-electron chi connectivity index (χ4n) is 4.51. The minimum absolute atomic E-state index is 0.663. The molecule has 2 rings (SSSR count). The second-order valence-corrected chi connectivity index (χ2v) is 5.57. The van der Waals surface area contributed by atoms with Crippen LogP contribution in [0.1, 0.15) is 59.3 Å². The molecule has 0 bridgehead atoms. The number of hydrogen-bond donors (Lipinski definition) is 1. The summed E-state index contributed by atoms with van der Waals surface area (Å²) in [4.78, 5) is 0. The van der Waals surface area contributed by atoms with Crippen molar-refractivity contribution in [2.75, 3.05) is 6.54 Å². The Morgan fingerprint density at radius 2 is 1.87 bits per heavy atom. The Balaban J connectivity index is 2.05. The molecule has 3 unspecified atom stereocenters. The zero-order valence-electron chi connectivity index (χ0n) is 10.7. The molecule has 1 heteroatoms. The lowest BCUT2D eigenvalue weighted by Crippen LogP contribution is -2.64. The monoisotopic (exact) mass is 209 g/mol. The van der Waals surface area contributed by atoms with Crippen LogP contribution in [0.3, 0.4) is 0 Å². The van der Waals surface area contributed by atoms with Crippen LogP contribution in [0.5, 0.6) is 0 Å². The third-order valence-electron chi connectivity index (χ3n) is 5.29. The van der Waals surface area contributed by atoms with Crippen molar-refractivity contribution in [1.29, 1.82) is 0 Å². The maximum Gasteiger partial charge on any atom is 0.0157 e. The van der Waals surface area contributed by atoms with Crippen LogP contribution < -0.4 is 5.32 Å². The molecule has 2 aliphatic carbocycles. The van der Waals surface area contributed by atoms with Crippen LogP contribution in [-0.2, 0) is 0 Å². The van der Waals surface area contributed by atoms with Crippen LogP contribution in [0.25, 0.3) is 0 Å². The molecule has 3 atom stereocenters. The van der Waals surface area contributed by atoms with E-state index in [0.717, 1.165) is 17.9 Å². The highest BCUT2D eigenvalue weighted by atomic mass is 15.0. The molecule has 2 aliphatic rings. The number of fused-ring (bicyclic) bond motifs is 1.